The van der Waals surface area contributed by atoms with Gasteiger partial charge in [-0.3, -0.25) is 14.5 Å². The van der Waals surface area contributed by atoms with Gasteiger partial charge in [-0.2, -0.15) is 0 Å². The van der Waals surface area contributed by atoms with Crippen LogP contribution in [0.5, 0.6) is 0 Å². The Balaban J connectivity index is 1.49. The fourth-order valence-corrected chi connectivity index (χ4v) is 4.21. The highest BCUT2D eigenvalue weighted by Crippen LogP contribution is 2.16. The predicted molar refractivity (Wildman–Crippen MR) is 114 cm³/mol. The topological polar surface area (TPSA) is 70.5 Å². The summed E-state index contributed by atoms with van der Waals surface area (Å²) in [6.07, 6.45) is 0. The quantitative estimate of drug-likeness (QED) is 0.670. The molecule has 1 amide bonds. The lowest BCUT2D eigenvalue weighted by Gasteiger charge is -2.33. The van der Waals surface area contributed by atoms with Crippen molar-refractivity contribution in [3.8, 4) is 0 Å². The monoisotopic (exact) mass is 403 g/mol. The van der Waals surface area contributed by atoms with Gasteiger partial charge in [0.25, 0.3) is 5.56 Å². The first-order valence-corrected chi connectivity index (χ1v) is 10.9. The van der Waals surface area contributed by atoms with Crippen LogP contribution < -0.4 is 10.9 Å². The molecule has 1 N–H and O–H groups in total. The molecule has 3 rings (SSSR count). The van der Waals surface area contributed by atoms with Crippen LogP contribution in [0.2, 0.25) is 0 Å². The molecule has 8 heteroatoms. The van der Waals surface area contributed by atoms with E-state index in [-0.39, 0.29) is 17.2 Å². The van der Waals surface area contributed by atoms with Crippen LogP contribution in [0.15, 0.2) is 34.1 Å². The molecule has 0 bridgehead atoms. The molecule has 1 aromatic carbocycles. The van der Waals surface area contributed by atoms with Crippen molar-refractivity contribution in [2.45, 2.75) is 25.4 Å². The Labute approximate surface area is 170 Å². The fraction of sp³-hybridized carbons (Fsp3) is 0.550. The fourth-order valence-electron chi connectivity index (χ4n) is 3.44. The van der Waals surface area contributed by atoms with Crippen molar-refractivity contribution in [3.05, 3.63) is 34.6 Å². The molecule has 0 spiro atoms. The number of benzene rings is 1. The molecule has 1 aliphatic rings. The first kappa shape index (κ1) is 20.8. The molecule has 1 fully saturated rings. The Bertz CT molecular complexity index is 861. The summed E-state index contributed by atoms with van der Waals surface area (Å²) in [5, 5.41) is 3.34. The van der Waals surface area contributed by atoms with Gasteiger partial charge in [0.05, 0.1) is 16.8 Å². The maximum Gasteiger partial charge on any atom is 0.283 e. The van der Waals surface area contributed by atoms with Crippen LogP contribution in [-0.2, 0) is 11.3 Å². The average Bonchev–Trinajstić information content (AvgIpc) is 2.73. The van der Waals surface area contributed by atoms with Gasteiger partial charge in [0.15, 0.2) is 5.03 Å². The summed E-state index contributed by atoms with van der Waals surface area (Å²) in [4.78, 5) is 34.1. The van der Waals surface area contributed by atoms with Gasteiger partial charge in [-0.05, 0) is 25.6 Å². The minimum absolute atomic E-state index is 0.0606. The highest BCUT2D eigenvalue weighted by molar-refractivity contribution is 7.99. The molecule has 2 aromatic rings. The Morgan fingerprint density at radius 2 is 1.82 bits per heavy atom. The van der Waals surface area contributed by atoms with Crippen LogP contribution in [0.25, 0.3) is 11.0 Å². The minimum atomic E-state index is -0.132. The van der Waals surface area contributed by atoms with Gasteiger partial charge in [0.2, 0.25) is 5.91 Å². The van der Waals surface area contributed by atoms with E-state index >= 15 is 0 Å². The third kappa shape index (κ3) is 5.12. The number of fused-ring (bicyclic) bond motifs is 1. The number of nitrogens with one attached hydrogen (secondary N) is 1. The van der Waals surface area contributed by atoms with E-state index in [0.29, 0.717) is 18.1 Å². The van der Waals surface area contributed by atoms with E-state index in [0.717, 1.165) is 50.3 Å². The molecule has 7 nitrogen and oxygen atoms in total. The number of para-hydroxylation sites is 2. The Morgan fingerprint density at radius 3 is 2.54 bits per heavy atom. The lowest BCUT2D eigenvalue weighted by Crippen LogP contribution is -2.48. The van der Waals surface area contributed by atoms with Crippen LogP contribution in [0.4, 0.5) is 0 Å². The van der Waals surface area contributed by atoms with Gasteiger partial charge in [-0.25, -0.2) is 4.98 Å². The van der Waals surface area contributed by atoms with Crippen molar-refractivity contribution in [3.63, 3.8) is 0 Å². The molecule has 0 radical (unpaired) electrons. The average molecular weight is 404 g/mol. The molecule has 0 saturated carbocycles. The minimum Gasteiger partial charge on any atom is -0.354 e. The second-order valence-electron chi connectivity index (χ2n) is 6.87. The smallest absolute Gasteiger partial charge is 0.283 e. The first-order chi connectivity index (χ1) is 13.6. The first-order valence-electron chi connectivity index (χ1n) is 9.96. The molecule has 1 saturated heterocycles. The molecule has 0 atom stereocenters. The number of aromatic nitrogens is 2. The number of carbonyl (C=O) groups is 1. The lowest BCUT2D eigenvalue weighted by molar-refractivity contribution is -0.118. The summed E-state index contributed by atoms with van der Waals surface area (Å²) in [6, 6.07) is 7.59. The van der Waals surface area contributed by atoms with E-state index in [1.807, 2.05) is 31.2 Å². The highest BCUT2D eigenvalue weighted by atomic mass is 32.2. The molecule has 1 aliphatic heterocycles. The van der Waals surface area contributed by atoms with Crippen molar-refractivity contribution in [1.29, 1.82) is 0 Å². The number of aryl methyl sites for hydroxylation is 1. The van der Waals surface area contributed by atoms with Crippen LogP contribution in [0, 0.1) is 0 Å². The normalized spacial score (nSPS) is 15.8. The third-order valence-corrected chi connectivity index (χ3v) is 6.09. The maximum atomic E-state index is 12.6. The van der Waals surface area contributed by atoms with Crippen molar-refractivity contribution in [2.75, 3.05) is 51.6 Å². The number of carbonyl (C=O) groups excluding carboxylic acids is 1. The van der Waals surface area contributed by atoms with Gasteiger partial charge in [-0.1, -0.05) is 30.8 Å². The molecule has 0 aliphatic carbocycles. The SMILES string of the molecule is CCN1CCN(CCNC(=O)CSc2nc3ccccc3n(CC)c2=O)CC1. The zero-order chi connectivity index (χ0) is 19.9. The number of piperazine rings is 1. The van der Waals surface area contributed by atoms with E-state index < -0.39 is 0 Å². The zero-order valence-corrected chi connectivity index (χ0v) is 17.5. The van der Waals surface area contributed by atoms with E-state index in [4.69, 9.17) is 0 Å². The standard InChI is InChI=1S/C20H29N5O2S/c1-3-23-11-13-24(14-12-23)10-9-21-18(26)15-28-19-20(27)25(4-2)17-8-6-5-7-16(17)22-19/h5-8H,3-4,9-15H2,1-2H3,(H,21,26). The van der Waals surface area contributed by atoms with Crippen LogP contribution in [0.3, 0.4) is 0 Å². The third-order valence-electron chi connectivity index (χ3n) is 5.14. The molecule has 152 valence electrons. The molecule has 1 aromatic heterocycles. The van der Waals surface area contributed by atoms with Crippen molar-refractivity contribution in [1.82, 2.24) is 24.7 Å². The summed E-state index contributed by atoms with van der Waals surface area (Å²) in [5.41, 5.74) is 1.47. The van der Waals surface area contributed by atoms with E-state index in [2.05, 4.69) is 27.0 Å². The summed E-state index contributed by atoms with van der Waals surface area (Å²) in [7, 11) is 0. The van der Waals surface area contributed by atoms with E-state index in [9.17, 15) is 9.59 Å². The van der Waals surface area contributed by atoms with E-state index in [1.165, 1.54) is 11.8 Å². The summed E-state index contributed by atoms with van der Waals surface area (Å²) >= 11 is 1.21. The van der Waals surface area contributed by atoms with E-state index in [1.54, 1.807) is 4.57 Å². The number of thioether (sulfide) groups is 1. The largest absolute Gasteiger partial charge is 0.354 e. The van der Waals surface area contributed by atoms with Gasteiger partial charge in [0.1, 0.15) is 0 Å². The van der Waals surface area contributed by atoms with Crippen LogP contribution in [-0.4, -0.2) is 76.8 Å². The molecule has 0 unspecified atom stereocenters. The van der Waals surface area contributed by atoms with Crippen LogP contribution in [0.1, 0.15) is 13.8 Å². The Morgan fingerprint density at radius 1 is 1.11 bits per heavy atom. The second-order valence-corrected chi connectivity index (χ2v) is 7.83. The zero-order valence-electron chi connectivity index (χ0n) is 16.7. The maximum absolute atomic E-state index is 12.6. The number of likely N-dealkylation sites (N-methyl/N-ethyl adjacent to an activating group) is 1. The second kappa shape index (κ2) is 10.0. The van der Waals surface area contributed by atoms with Gasteiger partial charge >= 0.3 is 0 Å². The van der Waals surface area contributed by atoms with Crippen molar-refractivity contribution < 1.29 is 4.79 Å². The van der Waals surface area contributed by atoms with Gasteiger partial charge in [0, 0.05) is 45.8 Å². The molecule has 2 heterocycles. The molecular weight excluding hydrogens is 374 g/mol. The number of rotatable bonds is 8. The summed E-state index contributed by atoms with van der Waals surface area (Å²) < 4.78 is 1.71. The van der Waals surface area contributed by atoms with Crippen LogP contribution >= 0.6 is 11.8 Å². The highest BCUT2D eigenvalue weighted by Gasteiger charge is 2.16. The van der Waals surface area contributed by atoms with Crippen molar-refractivity contribution >= 4 is 28.7 Å². The lowest BCUT2D eigenvalue weighted by atomic mass is 10.3. The summed E-state index contributed by atoms with van der Waals surface area (Å²) in [5.74, 6) is 0.142. The summed E-state index contributed by atoms with van der Waals surface area (Å²) in [6.45, 7) is 11.6. The number of nitrogens with zero attached hydrogens (tertiary/aromatic N) is 4. The number of hydrogen-bond acceptors (Lipinski definition) is 6. The number of hydrogen-bond donors (Lipinski definition) is 1. The van der Waals surface area contributed by atoms with Gasteiger partial charge < -0.3 is 14.8 Å². The van der Waals surface area contributed by atoms with Gasteiger partial charge in [-0.15, -0.1) is 0 Å². The number of amides is 1. The molecular formula is C20H29N5O2S. The molecule has 28 heavy (non-hydrogen) atoms. The Hall–Kier alpha value is -1.90. The Kier molecular flexibility index (Phi) is 7.47. The van der Waals surface area contributed by atoms with Crippen molar-refractivity contribution in [2.24, 2.45) is 0 Å². The predicted octanol–water partition coefficient (Wildman–Crippen LogP) is 1.26.